The van der Waals surface area contributed by atoms with Gasteiger partial charge in [0, 0.05) is 11.1 Å². The Hall–Kier alpha value is -2.08. The molecule has 144 valence electrons. The zero-order valence-corrected chi connectivity index (χ0v) is 17.6. The number of nitrogens with zero attached hydrogens (tertiary/aromatic N) is 3. The Labute approximate surface area is 175 Å². The summed E-state index contributed by atoms with van der Waals surface area (Å²) >= 11 is 8.81. The van der Waals surface area contributed by atoms with Crippen LogP contribution in [-0.2, 0) is 17.6 Å². The maximum atomic E-state index is 12.7. The number of hydrogen-bond acceptors (Lipinski definition) is 6. The van der Waals surface area contributed by atoms with Crippen molar-refractivity contribution in [3.63, 3.8) is 0 Å². The quantitative estimate of drug-likeness (QED) is 0.451. The number of halogens is 1. The van der Waals surface area contributed by atoms with Crippen molar-refractivity contribution in [1.82, 2.24) is 15.0 Å². The summed E-state index contributed by atoms with van der Waals surface area (Å²) in [5.41, 5.74) is 3.06. The minimum absolute atomic E-state index is 0.149. The van der Waals surface area contributed by atoms with Gasteiger partial charge in [-0.3, -0.25) is 4.79 Å². The lowest BCUT2D eigenvalue weighted by atomic mass is 10.1. The van der Waals surface area contributed by atoms with E-state index in [1.165, 1.54) is 23.1 Å². The molecule has 1 aliphatic carbocycles. The van der Waals surface area contributed by atoms with Crippen molar-refractivity contribution in [3.05, 3.63) is 33.3 Å². The molecule has 1 amide bonds. The zero-order chi connectivity index (χ0) is 19.7. The van der Waals surface area contributed by atoms with Crippen molar-refractivity contribution in [2.45, 2.75) is 49.4 Å². The normalized spacial score (nSPS) is 14.9. The van der Waals surface area contributed by atoms with E-state index in [9.17, 15) is 10.1 Å². The van der Waals surface area contributed by atoms with E-state index in [4.69, 9.17) is 11.6 Å². The third kappa shape index (κ3) is 3.88. The first-order valence-corrected chi connectivity index (χ1v) is 11.2. The molecule has 0 unspecified atom stereocenters. The van der Waals surface area contributed by atoms with E-state index >= 15 is 0 Å². The third-order valence-corrected chi connectivity index (χ3v) is 7.11. The Kier molecular flexibility index (Phi) is 5.58. The number of anilines is 1. The fraction of sp³-hybridized carbons (Fsp3) is 0.368. The molecule has 0 radical (unpaired) electrons. The SMILES string of the molecule is C[C@H](Sc1nc2ncc(Cl)cc2[nH]1)C(=O)Nc1sc2c(c1C#N)CCCCC2. The molecule has 9 heteroatoms. The predicted molar refractivity (Wildman–Crippen MR) is 113 cm³/mol. The molecule has 6 nitrogen and oxygen atoms in total. The predicted octanol–water partition coefficient (Wildman–Crippen LogP) is 4.93. The van der Waals surface area contributed by atoms with Crippen molar-refractivity contribution >= 4 is 56.8 Å². The fourth-order valence-corrected chi connectivity index (χ4v) is 5.50. The largest absolute Gasteiger partial charge is 0.331 e. The molecule has 0 fully saturated rings. The Morgan fingerprint density at radius 3 is 3.07 bits per heavy atom. The second-order valence-corrected chi connectivity index (χ2v) is 9.57. The van der Waals surface area contributed by atoms with Crippen molar-refractivity contribution in [3.8, 4) is 6.07 Å². The molecule has 3 heterocycles. The van der Waals surface area contributed by atoms with Crippen LogP contribution < -0.4 is 5.32 Å². The van der Waals surface area contributed by atoms with E-state index in [2.05, 4.69) is 26.3 Å². The molecule has 2 N–H and O–H groups in total. The maximum absolute atomic E-state index is 12.7. The molecule has 0 spiro atoms. The van der Waals surface area contributed by atoms with Crippen LogP contribution in [0.15, 0.2) is 17.4 Å². The summed E-state index contributed by atoms with van der Waals surface area (Å²) in [6, 6.07) is 4.05. The Bertz CT molecular complexity index is 1080. The van der Waals surface area contributed by atoms with E-state index in [0.29, 0.717) is 26.4 Å². The number of carbonyl (C=O) groups is 1. The number of nitrogens with one attached hydrogen (secondary N) is 2. The molecule has 0 aliphatic heterocycles. The van der Waals surface area contributed by atoms with Crippen LogP contribution >= 0.6 is 34.7 Å². The summed E-state index contributed by atoms with van der Waals surface area (Å²) in [5, 5.41) is 14.0. The first-order valence-electron chi connectivity index (χ1n) is 9.08. The van der Waals surface area contributed by atoms with Gasteiger partial charge in [-0.15, -0.1) is 11.3 Å². The van der Waals surface area contributed by atoms with E-state index < -0.39 is 0 Å². The van der Waals surface area contributed by atoms with Crippen LogP contribution in [0, 0.1) is 11.3 Å². The highest BCUT2D eigenvalue weighted by atomic mass is 35.5. The van der Waals surface area contributed by atoms with E-state index in [1.54, 1.807) is 23.6 Å². The summed E-state index contributed by atoms with van der Waals surface area (Å²) < 4.78 is 0. The third-order valence-electron chi connectivity index (χ3n) is 4.71. The number of thioether (sulfide) groups is 1. The Morgan fingerprint density at radius 1 is 1.43 bits per heavy atom. The van der Waals surface area contributed by atoms with Crippen LogP contribution in [0.2, 0.25) is 5.02 Å². The van der Waals surface area contributed by atoms with Gasteiger partial charge in [-0.25, -0.2) is 9.97 Å². The lowest BCUT2D eigenvalue weighted by Crippen LogP contribution is -2.22. The van der Waals surface area contributed by atoms with Gasteiger partial charge >= 0.3 is 0 Å². The topological polar surface area (TPSA) is 94.5 Å². The first-order chi connectivity index (χ1) is 13.5. The lowest BCUT2D eigenvalue weighted by Gasteiger charge is -2.09. The number of rotatable bonds is 4. The van der Waals surface area contributed by atoms with Crippen LogP contribution in [0.5, 0.6) is 0 Å². The van der Waals surface area contributed by atoms with Crippen molar-refractivity contribution in [2.75, 3.05) is 5.32 Å². The number of hydrogen-bond donors (Lipinski definition) is 2. The van der Waals surface area contributed by atoms with E-state index in [1.807, 2.05) is 6.92 Å². The standard InChI is InChI=1S/C19H18ClN5OS2/c1-10(27-19-23-14-7-11(20)9-22-16(14)24-19)17(26)25-18-13(8-21)12-5-3-2-4-6-15(12)28-18/h7,9-10H,2-6H2,1H3,(H,25,26)(H,22,23,24)/t10-/m0/s1. The summed E-state index contributed by atoms with van der Waals surface area (Å²) in [5.74, 6) is -0.149. The molecule has 0 bridgehead atoms. The number of nitriles is 1. The molecule has 4 rings (SSSR count). The van der Waals surface area contributed by atoms with Crippen LogP contribution in [0.25, 0.3) is 11.2 Å². The number of aromatic nitrogens is 3. The van der Waals surface area contributed by atoms with Gasteiger partial charge in [0.15, 0.2) is 10.8 Å². The summed E-state index contributed by atoms with van der Waals surface area (Å²) in [7, 11) is 0. The van der Waals surface area contributed by atoms with Gasteiger partial charge < -0.3 is 10.3 Å². The molecule has 3 aromatic heterocycles. The molecule has 3 aromatic rings. The van der Waals surface area contributed by atoms with Gasteiger partial charge in [0.1, 0.15) is 11.1 Å². The van der Waals surface area contributed by atoms with Gasteiger partial charge in [0.2, 0.25) is 5.91 Å². The molecule has 1 atom stereocenters. The molecule has 28 heavy (non-hydrogen) atoms. The van der Waals surface area contributed by atoms with Gasteiger partial charge in [0.05, 0.1) is 21.4 Å². The second kappa shape index (κ2) is 8.11. The van der Waals surface area contributed by atoms with Crippen molar-refractivity contribution in [1.29, 1.82) is 5.26 Å². The monoisotopic (exact) mass is 431 g/mol. The minimum atomic E-state index is -0.385. The fourth-order valence-electron chi connectivity index (χ4n) is 3.29. The number of imidazole rings is 1. The molecule has 0 saturated carbocycles. The van der Waals surface area contributed by atoms with E-state index in [-0.39, 0.29) is 11.2 Å². The molecule has 0 aromatic carbocycles. The highest BCUT2D eigenvalue weighted by Gasteiger charge is 2.23. The summed E-state index contributed by atoms with van der Waals surface area (Å²) in [6.07, 6.45) is 6.88. The maximum Gasteiger partial charge on any atom is 0.238 e. The van der Waals surface area contributed by atoms with Gasteiger partial charge in [0.25, 0.3) is 0 Å². The minimum Gasteiger partial charge on any atom is -0.331 e. The number of aryl methyl sites for hydroxylation is 1. The highest BCUT2D eigenvalue weighted by molar-refractivity contribution is 8.00. The van der Waals surface area contributed by atoms with Crippen LogP contribution in [0.3, 0.4) is 0 Å². The summed E-state index contributed by atoms with van der Waals surface area (Å²) in [4.78, 5) is 25.6. The average molecular weight is 432 g/mol. The molecule has 0 saturated heterocycles. The highest BCUT2D eigenvalue weighted by Crippen LogP contribution is 2.37. The van der Waals surface area contributed by atoms with E-state index in [0.717, 1.165) is 36.8 Å². The Morgan fingerprint density at radius 2 is 2.25 bits per heavy atom. The summed E-state index contributed by atoms with van der Waals surface area (Å²) in [6.45, 7) is 1.82. The average Bonchev–Trinajstić information content (AvgIpc) is 3.12. The Balaban J connectivity index is 1.49. The number of pyridine rings is 1. The van der Waals surface area contributed by atoms with Gasteiger partial charge in [-0.1, -0.05) is 29.8 Å². The number of fused-ring (bicyclic) bond motifs is 2. The molecular weight excluding hydrogens is 414 g/mol. The van der Waals surface area contributed by atoms with Crippen LogP contribution in [0.1, 0.15) is 42.2 Å². The number of carbonyl (C=O) groups excluding carboxylic acids is 1. The molecular formula is C19H18ClN5OS2. The van der Waals surface area contributed by atoms with Gasteiger partial charge in [-0.2, -0.15) is 5.26 Å². The molecule has 1 aliphatic rings. The van der Waals surface area contributed by atoms with Crippen molar-refractivity contribution in [2.24, 2.45) is 0 Å². The lowest BCUT2D eigenvalue weighted by molar-refractivity contribution is -0.115. The zero-order valence-electron chi connectivity index (χ0n) is 15.2. The van der Waals surface area contributed by atoms with Crippen molar-refractivity contribution < 1.29 is 4.79 Å². The number of thiophene rings is 1. The second-order valence-electron chi connectivity index (χ2n) is 6.70. The van der Waals surface area contributed by atoms with Crippen LogP contribution in [0.4, 0.5) is 5.00 Å². The number of aromatic amines is 1. The number of amides is 1. The number of H-pyrrole nitrogens is 1. The van der Waals surface area contributed by atoms with Gasteiger partial charge in [-0.05, 0) is 44.2 Å². The van der Waals surface area contributed by atoms with Crippen LogP contribution in [-0.4, -0.2) is 26.1 Å². The first kappa shape index (κ1) is 19.2. The smallest absolute Gasteiger partial charge is 0.238 e.